The molecule has 0 saturated carbocycles. The van der Waals surface area contributed by atoms with Crippen LogP contribution in [0.2, 0.25) is 0 Å². The van der Waals surface area contributed by atoms with Gasteiger partial charge in [0.1, 0.15) is 5.75 Å². The lowest BCUT2D eigenvalue weighted by atomic mass is 10.1. The van der Waals surface area contributed by atoms with Crippen LogP contribution in [0.3, 0.4) is 0 Å². The molecule has 0 aliphatic carbocycles. The maximum Gasteiger partial charge on any atom is 0.118 e. The third-order valence-corrected chi connectivity index (χ3v) is 3.30. The maximum absolute atomic E-state index is 5.15. The van der Waals surface area contributed by atoms with E-state index in [4.69, 9.17) is 4.74 Å². The standard InChI is InChI=1S/C14H21NO/c1-16-14-8-6-13(7-9-14)5-4-12-15-10-2-3-11-15/h6-9H,2-5,10-12H2,1H3. The highest BCUT2D eigenvalue weighted by Crippen LogP contribution is 2.13. The van der Waals surface area contributed by atoms with Crippen LogP contribution in [0.1, 0.15) is 24.8 Å². The van der Waals surface area contributed by atoms with Crippen LogP contribution in [-0.2, 0) is 6.42 Å². The highest BCUT2D eigenvalue weighted by molar-refractivity contribution is 5.27. The van der Waals surface area contributed by atoms with Gasteiger partial charge >= 0.3 is 0 Å². The van der Waals surface area contributed by atoms with Crippen LogP contribution in [0.25, 0.3) is 0 Å². The van der Waals surface area contributed by atoms with E-state index >= 15 is 0 Å². The minimum absolute atomic E-state index is 0.947. The molecule has 2 rings (SSSR count). The van der Waals surface area contributed by atoms with Crippen molar-refractivity contribution in [3.63, 3.8) is 0 Å². The van der Waals surface area contributed by atoms with Gasteiger partial charge in [0.2, 0.25) is 0 Å². The smallest absolute Gasteiger partial charge is 0.118 e. The Kier molecular flexibility index (Phi) is 4.23. The first-order valence-electron chi connectivity index (χ1n) is 6.24. The van der Waals surface area contributed by atoms with E-state index < -0.39 is 0 Å². The highest BCUT2D eigenvalue weighted by Gasteiger charge is 2.10. The number of nitrogens with zero attached hydrogens (tertiary/aromatic N) is 1. The Morgan fingerprint density at radius 2 is 1.81 bits per heavy atom. The van der Waals surface area contributed by atoms with E-state index in [1.165, 1.54) is 50.9 Å². The van der Waals surface area contributed by atoms with E-state index in [-0.39, 0.29) is 0 Å². The predicted octanol–water partition coefficient (Wildman–Crippen LogP) is 2.72. The van der Waals surface area contributed by atoms with Gasteiger partial charge < -0.3 is 9.64 Å². The Balaban J connectivity index is 1.71. The fourth-order valence-corrected chi connectivity index (χ4v) is 2.31. The van der Waals surface area contributed by atoms with Gasteiger partial charge in [-0.15, -0.1) is 0 Å². The molecule has 0 radical (unpaired) electrons. The predicted molar refractivity (Wildman–Crippen MR) is 67.0 cm³/mol. The second-order valence-corrected chi connectivity index (χ2v) is 4.50. The summed E-state index contributed by atoms with van der Waals surface area (Å²) >= 11 is 0. The molecule has 2 heteroatoms. The van der Waals surface area contributed by atoms with Crippen molar-refractivity contribution in [1.82, 2.24) is 4.90 Å². The Bertz CT molecular complexity index is 301. The molecule has 2 nitrogen and oxygen atoms in total. The van der Waals surface area contributed by atoms with Gasteiger partial charge in [-0.2, -0.15) is 0 Å². The molecule has 0 unspecified atom stereocenters. The first-order valence-corrected chi connectivity index (χ1v) is 6.24. The number of benzene rings is 1. The van der Waals surface area contributed by atoms with E-state index in [1.54, 1.807) is 7.11 Å². The lowest BCUT2D eigenvalue weighted by Gasteiger charge is -2.13. The van der Waals surface area contributed by atoms with Crippen molar-refractivity contribution in [2.24, 2.45) is 0 Å². The topological polar surface area (TPSA) is 12.5 Å². The molecule has 1 aliphatic rings. The van der Waals surface area contributed by atoms with Gasteiger partial charge in [-0.25, -0.2) is 0 Å². The van der Waals surface area contributed by atoms with E-state index in [0.29, 0.717) is 0 Å². The van der Waals surface area contributed by atoms with Crippen LogP contribution in [0.4, 0.5) is 0 Å². The third kappa shape index (κ3) is 3.24. The highest BCUT2D eigenvalue weighted by atomic mass is 16.5. The van der Waals surface area contributed by atoms with Crippen LogP contribution in [0.15, 0.2) is 24.3 Å². The number of rotatable bonds is 5. The molecular weight excluding hydrogens is 198 g/mol. The fourth-order valence-electron chi connectivity index (χ4n) is 2.31. The molecule has 0 bridgehead atoms. The van der Waals surface area contributed by atoms with Crippen LogP contribution in [-0.4, -0.2) is 31.6 Å². The summed E-state index contributed by atoms with van der Waals surface area (Å²) in [7, 11) is 1.71. The van der Waals surface area contributed by atoms with Crippen molar-refractivity contribution in [2.45, 2.75) is 25.7 Å². The summed E-state index contributed by atoms with van der Waals surface area (Å²) in [6, 6.07) is 8.43. The molecule has 0 aromatic heterocycles. The summed E-state index contributed by atoms with van der Waals surface area (Å²) < 4.78 is 5.15. The molecule has 0 amide bonds. The van der Waals surface area contributed by atoms with Crippen molar-refractivity contribution >= 4 is 0 Å². The molecule has 1 heterocycles. The van der Waals surface area contributed by atoms with Crippen molar-refractivity contribution in [3.8, 4) is 5.75 Å². The molecule has 1 saturated heterocycles. The Hall–Kier alpha value is -1.02. The number of hydrogen-bond donors (Lipinski definition) is 0. The van der Waals surface area contributed by atoms with Crippen LogP contribution < -0.4 is 4.74 Å². The molecule has 1 aromatic carbocycles. The minimum atomic E-state index is 0.947. The van der Waals surface area contributed by atoms with Gasteiger partial charge in [0.05, 0.1) is 7.11 Å². The molecule has 16 heavy (non-hydrogen) atoms. The maximum atomic E-state index is 5.15. The Labute approximate surface area is 98.2 Å². The van der Waals surface area contributed by atoms with Gasteiger partial charge in [-0.05, 0) is 63.0 Å². The third-order valence-electron chi connectivity index (χ3n) is 3.30. The molecule has 1 fully saturated rings. The normalized spacial score (nSPS) is 16.6. The van der Waals surface area contributed by atoms with Gasteiger partial charge in [-0.3, -0.25) is 0 Å². The van der Waals surface area contributed by atoms with Crippen LogP contribution in [0.5, 0.6) is 5.75 Å². The van der Waals surface area contributed by atoms with Gasteiger partial charge in [0.25, 0.3) is 0 Å². The van der Waals surface area contributed by atoms with Crippen molar-refractivity contribution in [3.05, 3.63) is 29.8 Å². The van der Waals surface area contributed by atoms with Crippen molar-refractivity contribution in [2.75, 3.05) is 26.7 Å². The molecular formula is C14H21NO. The second-order valence-electron chi connectivity index (χ2n) is 4.50. The van der Waals surface area contributed by atoms with Crippen LogP contribution in [0, 0.1) is 0 Å². The number of likely N-dealkylation sites (tertiary alicyclic amines) is 1. The largest absolute Gasteiger partial charge is 0.497 e. The summed E-state index contributed by atoms with van der Waals surface area (Å²) in [4.78, 5) is 2.57. The number of methoxy groups -OCH3 is 1. The average molecular weight is 219 g/mol. The Morgan fingerprint density at radius 1 is 1.12 bits per heavy atom. The van der Waals surface area contributed by atoms with Gasteiger partial charge in [0, 0.05) is 0 Å². The monoisotopic (exact) mass is 219 g/mol. The van der Waals surface area contributed by atoms with Crippen molar-refractivity contribution < 1.29 is 4.74 Å². The molecule has 88 valence electrons. The zero-order chi connectivity index (χ0) is 11.2. The van der Waals surface area contributed by atoms with Crippen LogP contribution >= 0.6 is 0 Å². The number of ether oxygens (including phenoxy) is 1. The van der Waals surface area contributed by atoms with E-state index in [9.17, 15) is 0 Å². The van der Waals surface area contributed by atoms with Gasteiger partial charge in [0.15, 0.2) is 0 Å². The number of aryl methyl sites for hydroxylation is 1. The summed E-state index contributed by atoms with van der Waals surface area (Å²) in [5, 5.41) is 0. The van der Waals surface area contributed by atoms with Gasteiger partial charge in [-0.1, -0.05) is 12.1 Å². The van der Waals surface area contributed by atoms with E-state index in [1.807, 2.05) is 12.1 Å². The summed E-state index contributed by atoms with van der Waals surface area (Å²) in [6.45, 7) is 3.87. The lowest BCUT2D eigenvalue weighted by Crippen LogP contribution is -2.20. The SMILES string of the molecule is COc1ccc(CCCN2CCCC2)cc1. The van der Waals surface area contributed by atoms with E-state index in [2.05, 4.69) is 17.0 Å². The average Bonchev–Trinajstić information content (AvgIpc) is 2.83. The number of hydrogen-bond acceptors (Lipinski definition) is 2. The molecule has 0 N–H and O–H groups in total. The molecule has 0 spiro atoms. The molecule has 1 aliphatic heterocycles. The fraction of sp³-hybridized carbons (Fsp3) is 0.571. The van der Waals surface area contributed by atoms with E-state index in [0.717, 1.165) is 5.75 Å². The first-order chi connectivity index (χ1) is 7.88. The zero-order valence-corrected chi connectivity index (χ0v) is 10.1. The summed E-state index contributed by atoms with van der Waals surface area (Å²) in [5.74, 6) is 0.947. The van der Waals surface area contributed by atoms with Crippen molar-refractivity contribution in [1.29, 1.82) is 0 Å². The molecule has 1 aromatic rings. The second kappa shape index (κ2) is 5.90. The summed E-state index contributed by atoms with van der Waals surface area (Å²) in [6.07, 6.45) is 5.23. The quantitative estimate of drug-likeness (QED) is 0.755. The molecule has 0 atom stereocenters. The summed E-state index contributed by atoms with van der Waals surface area (Å²) in [5.41, 5.74) is 1.42. The minimum Gasteiger partial charge on any atom is -0.497 e. The zero-order valence-electron chi connectivity index (χ0n) is 10.1. The first kappa shape index (κ1) is 11.5. The lowest BCUT2D eigenvalue weighted by molar-refractivity contribution is 0.334. The Morgan fingerprint density at radius 3 is 2.44 bits per heavy atom.